The molecule has 0 saturated heterocycles. The summed E-state index contributed by atoms with van der Waals surface area (Å²) in [6.45, 7) is 0. The quantitative estimate of drug-likeness (QED) is 0.674. The average molecular weight is 305 g/mol. The van der Waals surface area contributed by atoms with E-state index in [1.807, 2.05) is 0 Å². The molecule has 1 amide bonds. The fraction of sp³-hybridized carbons (Fsp3) is 0.0667. The van der Waals surface area contributed by atoms with E-state index in [0.29, 0.717) is 5.02 Å². The molecule has 0 aromatic heterocycles. The van der Waals surface area contributed by atoms with Gasteiger partial charge in [-0.3, -0.25) is 4.79 Å². The van der Waals surface area contributed by atoms with Crippen LogP contribution in [0.5, 0.6) is 11.5 Å². The Kier molecular flexibility index (Phi) is 4.79. The van der Waals surface area contributed by atoms with Crippen LogP contribution in [-0.4, -0.2) is 24.3 Å². The minimum absolute atomic E-state index is 0.103. The summed E-state index contributed by atoms with van der Waals surface area (Å²) in [5.74, 6) is 0.0239. The van der Waals surface area contributed by atoms with Gasteiger partial charge in [0.25, 0.3) is 5.91 Å². The zero-order valence-corrected chi connectivity index (χ0v) is 12.0. The molecule has 5 nitrogen and oxygen atoms in total. The highest BCUT2D eigenvalue weighted by atomic mass is 35.5. The first-order valence-electron chi connectivity index (χ1n) is 6.06. The molecular formula is C15H13ClN2O3. The number of phenolic OH excluding ortho intramolecular Hbond substituents is 1. The normalized spacial score (nSPS) is 10.6. The van der Waals surface area contributed by atoms with Crippen LogP contribution in [0.15, 0.2) is 47.6 Å². The van der Waals surface area contributed by atoms with Gasteiger partial charge in [0.15, 0.2) is 0 Å². The number of hydrogen-bond acceptors (Lipinski definition) is 4. The molecule has 2 N–H and O–H groups in total. The average Bonchev–Trinajstić information content (AvgIpc) is 2.47. The van der Waals surface area contributed by atoms with Gasteiger partial charge in [-0.15, -0.1) is 0 Å². The maximum Gasteiger partial charge on any atom is 0.275 e. The third-order valence-electron chi connectivity index (χ3n) is 2.70. The van der Waals surface area contributed by atoms with Crippen LogP contribution in [0.2, 0.25) is 5.02 Å². The number of ether oxygens (including phenoxy) is 1. The lowest BCUT2D eigenvalue weighted by molar-refractivity contribution is 0.0952. The number of aromatic hydroxyl groups is 1. The third-order valence-corrected chi connectivity index (χ3v) is 2.94. The summed E-state index contributed by atoms with van der Waals surface area (Å²) in [7, 11) is 1.59. The number of phenols is 1. The fourth-order valence-electron chi connectivity index (χ4n) is 1.61. The van der Waals surface area contributed by atoms with E-state index >= 15 is 0 Å². The fourth-order valence-corrected chi connectivity index (χ4v) is 1.78. The summed E-state index contributed by atoms with van der Waals surface area (Å²) >= 11 is 5.70. The molecule has 6 heteroatoms. The molecule has 0 radical (unpaired) electrons. The highest BCUT2D eigenvalue weighted by Gasteiger charge is 2.10. The van der Waals surface area contributed by atoms with Crippen molar-refractivity contribution in [1.29, 1.82) is 0 Å². The van der Waals surface area contributed by atoms with E-state index < -0.39 is 5.91 Å². The summed E-state index contributed by atoms with van der Waals surface area (Å²) in [6, 6.07) is 11.4. The Morgan fingerprint density at radius 3 is 2.62 bits per heavy atom. The summed E-state index contributed by atoms with van der Waals surface area (Å²) in [5.41, 5.74) is 3.24. The molecule has 0 bridgehead atoms. The van der Waals surface area contributed by atoms with Gasteiger partial charge in [-0.1, -0.05) is 11.6 Å². The van der Waals surface area contributed by atoms with E-state index in [1.54, 1.807) is 31.4 Å². The van der Waals surface area contributed by atoms with Crippen molar-refractivity contribution >= 4 is 23.7 Å². The number of nitrogens with zero attached hydrogens (tertiary/aromatic N) is 1. The van der Waals surface area contributed by atoms with Crippen LogP contribution in [0.3, 0.4) is 0 Å². The first kappa shape index (κ1) is 14.9. The summed E-state index contributed by atoms with van der Waals surface area (Å²) in [6.07, 6.45) is 1.49. The number of carbonyl (C=O) groups is 1. The molecule has 108 valence electrons. The number of hydrazone groups is 1. The van der Waals surface area contributed by atoms with Crippen molar-refractivity contribution in [3.63, 3.8) is 0 Å². The molecule has 0 aliphatic carbocycles. The predicted molar refractivity (Wildman–Crippen MR) is 81.2 cm³/mol. The lowest BCUT2D eigenvalue weighted by Gasteiger charge is -2.03. The zero-order valence-electron chi connectivity index (χ0n) is 11.2. The smallest absolute Gasteiger partial charge is 0.275 e. The van der Waals surface area contributed by atoms with Gasteiger partial charge < -0.3 is 9.84 Å². The van der Waals surface area contributed by atoms with E-state index in [9.17, 15) is 9.90 Å². The van der Waals surface area contributed by atoms with Crippen LogP contribution in [0.4, 0.5) is 0 Å². The molecule has 0 saturated carbocycles. The van der Waals surface area contributed by atoms with Gasteiger partial charge in [0.2, 0.25) is 0 Å². The van der Waals surface area contributed by atoms with Crippen LogP contribution in [0.25, 0.3) is 0 Å². The largest absolute Gasteiger partial charge is 0.507 e. The second-order valence-corrected chi connectivity index (χ2v) is 4.57. The second-order valence-electron chi connectivity index (χ2n) is 4.13. The highest BCUT2D eigenvalue weighted by Crippen LogP contribution is 2.21. The van der Waals surface area contributed by atoms with E-state index in [2.05, 4.69) is 10.5 Å². The minimum Gasteiger partial charge on any atom is -0.507 e. The van der Waals surface area contributed by atoms with Gasteiger partial charge in [-0.2, -0.15) is 5.10 Å². The number of halogens is 1. The topological polar surface area (TPSA) is 70.9 Å². The van der Waals surface area contributed by atoms with Crippen molar-refractivity contribution < 1.29 is 14.6 Å². The summed E-state index contributed by atoms with van der Waals surface area (Å²) < 4.78 is 5.04. The zero-order chi connectivity index (χ0) is 15.2. The third kappa shape index (κ3) is 3.97. The Labute approximate surface area is 126 Å². The number of hydrogen-bond donors (Lipinski definition) is 2. The van der Waals surface area contributed by atoms with Crippen LogP contribution < -0.4 is 10.2 Å². The van der Waals surface area contributed by atoms with Crippen molar-refractivity contribution in [1.82, 2.24) is 5.43 Å². The number of methoxy groups -OCH3 is 1. The van der Waals surface area contributed by atoms with Crippen LogP contribution in [0.1, 0.15) is 15.9 Å². The Morgan fingerprint density at radius 2 is 2.00 bits per heavy atom. The molecule has 2 rings (SSSR count). The standard InChI is InChI=1S/C15H13ClN2O3/c1-21-12-5-2-10(3-6-12)9-17-18-15(20)13-7-4-11(16)8-14(13)19/h2-9,19H,1H3,(H,18,20)/b17-9-. The molecule has 2 aromatic carbocycles. The van der Waals surface area contributed by atoms with E-state index in [-0.39, 0.29) is 11.3 Å². The Morgan fingerprint density at radius 1 is 1.29 bits per heavy atom. The lowest BCUT2D eigenvalue weighted by Crippen LogP contribution is -2.17. The Bertz CT molecular complexity index is 669. The van der Waals surface area contributed by atoms with Crippen LogP contribution >= 0.6 is 11.6 Å². The maximum absolute atomic E-state index is 11.8. The van der Waals surface area contributed by atoms with Crippen molar-refractivity contribution in [2.45, 2.75) is 0 Å². The number of nitrogens with one attached hydrogen (secondary N) is 1. The molecule has 0 unspecified atom stereocenters. The van der Waals surface area contributed by atoms with Crippen molar-refractivity contribution in [3.05, 3.63) is 58.6 Å². The first-order chi connectivity index (χ1) is 10.1. The van der Waals surface area contributed by atoms with Gasteiger partial charge in [0.1, 0.15) is 11.5 Å². The van der Waals surface area contributed by atoms with Crippen molar-refractivity contribution in [2.75, 3.05) is 7.11 Å². The molecule has 21 heavy (non-hydrogen) atoms. The Hall–Kier alpha value is -2.53. The summed E-state index contributed by atoms with van der Waals surface area (Å²) in [4.78, 5) is 11.8. The van der Waals surface area contributed by atoms with E-state index in [1.165, 1.54) is 24.4 Å². The van der Waals surface area contributed by atoms with Gasteiger partial charge in [0.05, 0.1) is 18.9 Å². The SMILES string of the molecule is COc1ccc(/C=N\NC(=O)c2ccc(Cl)cc2O)cc1. The van der Waals surface area contributed by atoms with E-state index in [4.69, 9.17) is 16.3 Å². The van der Waals surface area contributed by atoms with Gasteiger partial charge in [-0.25, -0.2) is 5.43 Å². The van der Waals surface area contributed by atoms with Gasteiger partial charge >= 0.3 is 0 Å². The monoisotopic (exact) mass is 304 g/mol. The molecule has 0 aliphatic heterocycles. The van der Waals surface area contributed by atoms with Gasteiger partial charge in [0, 0.05) is 5.02 Å². The summed E-state index contributed by atoms with van der Waals surface area (Å²) in [5, 5.41) is 13.8. The maximum atomic E-state index is 11.8. The Balaban J connectivity index is 2.01. The molecular weight excluding hydrogens is 292 g/mol. The van der Waals surface area contributed by atoms with Crippen molar-refractivity contribution in [2.24, 2.45) is 5.10 Å². The lowest BCUT2D eigenvalue weighted by atomic mass is 10.2. The first-order valence-corrected chi connectivity index (χ1v) is 6.44. The number of amides is 1. The van der Waals surface area contributed by atoms with Gasteiger partial charge in [-0.05, 0) is 48.0 Å². The van der Waals surface area contributed by atoms with E-state index in [0.717, 1.165) is 11.3 Å². The molecule has 0 fully saturated rings. The minimum atomic E-state index is -0.520. The number of carbonyl (C=O) groups excluding carboxylic acids is 1. The molecule has 0 heterocycles. The molecule has 0 spiro atoms. The molecule has 2 aromatic rings. The van der Waals surface area contributed by atoms with Crippen molar-refractivity contribution in [3.8, 4) is 11.5 Å². The second kappa shape index (κ2) is 6.76. The van der Waals surface area contributed by atoms with Crippen LogP contribution in [-0.2, 0) is 0 Å². The van der Waals surface area contributed by atoms with Crippen LogP contribution in [0, 0.1) is 0 Å². The predicted octanol–water partition coefficient (Wildman–Crippen LogP) is 2.82. The highest BCUT2D eigenvalue weighted by molar-refractivity contribution is 6.30. The molecule has 0 aliphatic rings. The number of benzene rings is 2. The number of rotatable bonds is 4. The molecule has 0 atom stereocenters.